The Morgan fingerprint density at radius 3 is 2.20 bits per heavy atom. The van der Waals surface area contributed by atoms with E-state index in [1.165, 1.54) is 21.3 Å². The lowest BCUT2D eigenvalue weighted by Gasteiger charge is -2.37. The van der Waals surface area contributed by atoms with Crippen molar-refractivity contribution in [3.63, 3.8) is 0 Å². The number of carbonyl (C=O) groups is 1. The number of rotatable bonds is 6. The Labute approximate surface area is 173 Å². The third-order valence-electron chi connectivity index (χ3n) is 5.88. The standard InChI is InChI=1S/C22H24O8/c1-26-17-6-12(7-18(27-2)21(17)28-3)19-14-8-16-15(29-10-30-16)5-11(14)4-13(9-23)20(19)22(24)25/h5-8,13,19-20,23H,4,9-10H2,1-3H3,(H,24,25)/t13-,19+,20+/m0/s1. The Hall–Kier alpha value is -3.13. The highest BCUT2D eigenvalue weighted by Crippen LogP contribution is 2.50. The van der Waals surface area contributed by atoms with E-state index >= 15 is 0 Å². The molecule has 4 rings (SSSR count). The number of fused-ring (bicyclic) bond motifs is 2. The zero-order valence-corrected chi connectivity index (χ0v) is 17.0. The van der Waals surface area contributed by atoms with Crippen molar-refractivity contribution in [1.29, 1.82) is 0 Å². The average molecular weight is 416 g/mol. The summed E-state index contributed by atoms with van der Waals surface area (Å²) in [7, 11) is 4.54. The number of methoxy groups -OCH3 is 3. The summed E-state index contributed by atoms with van der Waals surface area (Å²) in [5.74, 6) is -0.321. The fourth-order valence-corrected chi connectivity index (χ4v) is 4.53. The fourth-order valence-electron chi connectivity index (χ4n) is 4.53. The number of carboxylic acids is 1. The number of aliphatic hydroxyl groups is 1. The number of hydrogen-bond acceptors (Lipinski definition) is 7. The summed E-state index contributed by atoms with van der Waals surface area (Å²) in [6, 6.07) is 7.24. The Morgan fingerprint density at radius 1 is 1.03 bits per heavy atom. The van der Waals surface area contributed by atoms with Crippen molar-refractivity contribution < 1.29 is 38.7 Å². The molecule has 0 unspecified atom stereocenters. The molecule has 2 N–H and O–H groups in total. The van der Waals surface area contributed by atoms with E-state index in [-0.39, 0.29) is 13.4 Å². The minimum Gasteiger partial charge on any atom is -0.493 e. The van der Waals surface area contributed by atoms with Gasteiger partial charge in [0.1, 0.15) is 0 Å². The molecule has 0 amide bonds. The highest BCUT2D eigenvalue weighted by molar-refractivity contribution is 5.75. The van der Waals surface area contributed by atoms with Crippen LogP contribution in [0.25, 0.3) is 0 Å². The van der Waals surface area contributed by atoms with Crippen molar-refractivity contribution in [1.82, 2.24) is 0 Å². The molecular formula is C22H24O8. The van der Waals surface area contributed by atoms with Gasteiger partial charge < -0.3 is 33.9 Å². The van der Waals surface area contributed by atoms with E-state index in [0.717, 1.165) is 11.1 Å². The number of hydrogen-bond donors (Lipinski definition) is 2. The van der Waals surface area contributed by atoms with Crippen LogP contribution in [0.2, 0.25) is 0 Å². The molecule has 30 heavy (non-hydrogen) atoms. The van der Waals surface area contributed by atoms with Crippen molar-refractivity contribution in [2.24, 2.45) is 11.8 Å². The average Bonchev–Trinajstić information content (AvgIpc) is 3.22. The van der Waals surface area contributed by atoms with Gasteiger partial charge in [0.25, 0.3) is 0 Å². The molecule has 0 radical (unpaired) electrons. The summed E-state index contributed by atoms with van der Waals surface area (Å²) in [6.45, 7) is -0.120. The highest BCUT2D eigenvalue weighted by Gasteiger charge is 2.43. The molecule has 8 heteroatoms. The third kappa shape index (κ3) is 3.17. The molecule has 0 saturated heterocycles. The van der Waals surface area contributed by atoms with Crippen LogP contribution in [0.1, 0.15) is 22.6 Å². The van der Waals surface area contributed by atoms with Gasteiger partial charge in [-0.3, -0.25) is 4.79 Å². The molecule has 1 aliphatic heterocycles. The monoisotopic (exact) mass is 416 g/mol. The van der Waals surface area contributed by atoms with Crippen molar-refractivity contribution in [3.05, 3.63) is 41.0 Å². The number of benzene rings is 2. The van der Waals surface area contributed by atoms with E-state index in [1.54, 1.807) is 12.1 Å². The summed E-state index contributed by atoms with van der Waals surface area (Å²) in [5.41, 5.74) is 2.44. The van der Waals surface area contributed by atoms with Crippen LogP contribution in [0.3, 0.4) is 0 Å². The number of aliphatic carboxylic acids is 1. The predicted octanol–water partition coefficient (Wildman–Crippen LogP) is 2.44. The Kier molecular flexibility index (Phi) is 5.34. The van der Waals surface area contributed by atoms with E-state index in [4.69, 9.17) is 23.7 Å². The molecule has 160 valence electrons. The maximum Gasteiger partial charge on any atom is 0.307 e. The molecule has 0 spiro atoms. The fraction of sp³-hybridized carbons (Fsp3) is 0.409. The quantitative estimate of drug-likeness (QED) is 0.740. The number of ether oxygens (including phenoxy) is 5. The first-order chi connectivity index (χ1) is 14.5. The third-order valence-corrected chi connectivity index (χ3v) is 5.88. The van der Waals surface area contributed by atoms with Crippen LogP contribution in [0.15, 0.2) is 24.3 Å². The maximum absolute atomic E-state index is 12.3. The van der Waals surface area contributed by atoms with E-state index in [2.05, 4.69) is 0 Å². The molecule has 8 nitrogen and oxygen atoms in total. The predicted molar refractivity (Wildman–Crippen MR) is 106 cm³/mol. The molecule has 0 aromatic heterocycles. The van der Waals surface area contributed by atoms with Crippen molar-refractivity contribution >= 4 is 5.97 Å². The highest BCUT2D eigenvalue weighted by atomic mass is 16.7. The smallest absolute Gasteiger partial charge is 0.307 e. The SMILES string of the molecule is COc1cc([C@@H]2c3cc4c(cc3C[C@@H](CO)[C@H]2C(=O)O)OCO4)cc(OC)c1OC. The largest absolute Gasteiger partial charge is 0.493 e. The van der Waals surface area contributed by atoms with E-state index < -0.39 is 23.7 Å². The van der Waals surface area contributed by atoms with Crippen LogP contribution < -0.4 is 23.7 Å². The molecule has 0 saturated carbocycles. The molecule has 1 aliphatic carbocycles. The van der Waals surface area contributed by atoms with Crippen LogP contribution in [0.4, 0.5) is 0 Å². The summed E-state index contributed by atoms with van der Waals surface area (Å²) < 4.78 is 27.4. The zero-order chi connectivity index (χ0) is 21.4. The Bertz CT molecular complexity index is 945. The van der Waals surface area contributed by atoms with Crippen LogP contribution in [-0.2, 0) is 11.2 Å². The molecule has 2 aromatic rings. The van der Waals surface area contributed by atoms with Gasteiger partial charge in [0, 0.05) is 18.4 Å². The molecule has 2 aliphatic rings. The van der Waals surface area contributed by atoms with Crippen LogP contribution in [-0.4, -0.2) is 50.9 Å². The molecule has 0 bridgehead atoms. The van der Waals surface area contributed by atoms with Gasteiger partial charge in [0.05, 0.1) is 27.2 Å². The first-order valence-electron chi connectivity index (χ1n) is 9.58. The maximum atomic E-state index is 12.3. The lowest BCUT2D eigenvalue weighted by Crippen LogP contribution is -2.37. The molecular weight excluding hydrogens is 392 g/mol. The number of carboxylic acid groups (broad SMARTS) is 1. The van der Waals surface area contributed by atoms with Gasteiger partial charge in [-0.1, -0.05) is 0 Å². The van der Waals surface area contributed by atoms with Gasteiger partial charge in [0.15, 0.2) is 23.0 Å². The normalized spacial score (nSPS) is 21.7. The molecule has 0 fully saturated rings. The lowest BCUT2D eigenvalue weighted by molar-refractivity contribution is -0.145. The van der Waals surface area contributed by atoms with E-state index in [0.29, 0.717) is 40.7 Å². The second-order valence-electron chi connectivity index (χ2n) is 7.35. The summed E-state index contributed by atoms with van der Waals surface area (Å²) >= 11 is 0. The summed E-state index contributed by atoms with van der Waals surface area (Å²) in [6.07, 6.45) is 0.431. The zero-order valence-electron chi connectivity index (χ0n) is 17.0. The minimum atomic E-state index is -0.976. The van der Waals surface area contributed by atoms with Gasteiger partial charge in [0.2, 0.25) is 12.5 Å². The van der Waals surface area contributed by atoms with Crippen molar-refractivity contribution in [3.8, 4) is 28.7 Å². The first kappa shape index (κ1) is 20.2. The van der Waals surface area contributed by atoms with Gasteiger partial charge in [-0.25, -0.2) is 0 Å². The summed E-state index contributed by atoms with van der Waals surface area (Å²) in [5, 5.41) is 20.1. The van der Waals surface area contributed by atoms with E-state index in [1.807, 2.05) is 12.1 Å². The molecule has 2 aromatic carbocycles. The molecule has 1 heterocycles. The van der Waals surface area contributed by atoms with Crippen molar-refractivity contribution in [2.75, 3.05) is 34.7 Å². The minimum absolute atomic E-state index is 0.124. The van der Waals surface area contributed by atoms with E-state index in [9.17, 15) is 15.0 Å². The lowest BCUT2D eigenvalue weighted by atomic mass is 9.66. The van der Waals surface area contributed by atoms with Gasteiger partial charge in [-0.05, 0) is 47.4 Å². The Balaban J connectivity index is 1.95. The second kappa shape index (κ2) is 7.95. The molecule has 3 atom stereocenters. The first-order valence-corrected chi connectivity index (χ1v) is 9.58. The van der Waals surface area contributed by atoms with Crippen LogP contribution in [0.5, 0.6) is 28.7 Å². The van der Waals surface area contributed by atoms with Crippen molar-refractivity contribution in [2.45, 2.75) is 12.3 Å². The van der Waals surface area contributed by atoms with Gasteiger partial charge in [-0.15, -0.1) is 0 Å². The Morgan fingerprint density at radius 2 is 1.67 bits per heavy atom. The second-order valence-corrected chi connectivity index (χ2v) is 7.35. The number of aliphatic hydroxyl groups excluding tert-OH is 1. The summed E-state index contributed by atoms with van der Waals surface area (Å²) in [4.78, 5) is 12.3. The topological polar surface area (TPSA) is 104 Å². The van der Waals surface area contributed by atoms with Crippen LogP contribution >= 0.6 is 0 Å². The van der Waals surface area contributed by atoms with Crippen LogP contribution in [0, 0.1) is 11.8 Å². The van der Waals surface area contributed by atoms with Gasteiger partial charge in [-0.2, -0.15) is 0 Å². The van der Waals surface area contributed by atoms with Gasteiger partial charge >= 0.3 is 5.97 Å².